The Labute approximate surface area is 190 Å². The molecule has 160 valence electrons. The van der Waals surface area contributed by atoms with E-state index in [1.54, 1.807) is 48.5 Å². The second-order valence-electron chi connectivity index (χ2n) is 6.83. The van der Waals surface area contributed by atoms with Gasteiger partial charge in [0, 0.05) is 22.2 Å². The minimum atomic E-state index is -3.76. The van der Waals surface area contributed by atoms with E-state index in [1.807, 2.05) is 6.07 Å². The summed E-state index contributed by atoms with van der Waals surface area (Å²) in [6.07, 6.45) is 1.62. The maximum Gasteiger partial charge on any atom is 0.291 e. The summed E-state index contributed by atoms with van der Waals surface area (Å²) in [7, 11) is -3.76. The van der Waals surface area contributed by atoms with Crippen LogP contribution >= 0.6 is 22.9 Å². The summed E-state index contributed by atoms with van der Waals surface area (Å²) in [6, 6.07) is 16.6. The lowest BCUT2D eigenvalue weighted by molar-refractivity contribution is 0.571. The number of hydrogen-bond acceptors (Lipinski definition) is 7. The molecule has 2 aromatic carbocycles. The van der Waals surface area contributed by atoms with Crippen LogP contribution in [0.25, 0.3) is 33.7 Å². The van der Waals surface area contributed by atoms with Gasteiger partial charge in [0.25, 0.3) is 5.56 Å². The predicted octanol–water partition coefficient (Wildman–Crippen LogP) is 2.93. The molecule has 8 nitrogen and oxygen atoms in total. The molecule has 0 radical (unpaired) electrons. The normalized spacial score (nSPS) is 12.6. The third-order valence-corrected chi connectivity index (χ3v) is 6.76. The molecule has 3 heterocycles. The Bertz CT molecular complexity index is 1690. The van der Waals surface area contributed by atoms with E-state index in [4.69, 9.17) is 21.2 Å². The predicted molar refractivity (Wildman–Crippen MR) is 122 cm³/mol. The van der Waals surface area contributed by atoms with E-state index in [9.17, 15) is 13.2 Å². The second-order valence-corrected chi connectivity index (χ2v) is 9.83. The highest BCUT2D eigenvalue weighted by molar-refractivity contribution is 7.89. The van der Waals surface area contributed by atoms with Crippen LogP contribution in [0.3, 0.4) is 0 Å². The maximum atomic E-state index is 12.8. The number of nitrogens with zero attached hydrogens (tertiary/aromatic N) is 3. The Hall–Kier alpha value is -3.31. The number of halogens is 1. The summed E-state index contributed by atoms with van der Waals surface area (Å²) in [5.74, 6) is 1.41. The number of benzene rings is 2. The van der Waals surface area contributed by atoms with Crippen LogP contribution in [0, 0.1) is 0 Å². The molecule has 0 atom stereocenters. The van der Waals surface area contributed by atoms with Crippen molar-refractivity contribution in [2.75, 3.05) is 0 Å². The van der Waals surface area contributed by atoms with E-state index in [0.29, 0.717) is 37.4 Å². The molecule has 0 aliphatic rings. The zero-order valence-electron chi connectivity index (χ0n) is 16.1. The van der Waals surface area contributed by atoms with Crippen LogP contribution in [-0.4, -0.2) is 23.0 Å². The summed E-state index contributed by atoms with van der Waals surface area (Å²) in [4.78, 5) is 17.7. The summed E-state index contributed by atoms with van der Waals surface area (Å²) in [5.41, 5.74) is 1.09. The number of thiazole rings is 1. The minimum absolute atomic E-state index is 0.0159. The molecule has 0 aliphatic heterocycles. The number of fused-ring (bicyclic) bond motifs is 1. The molecule has 0 saturated carbocycles. The quantitative estimate of drug-likeness (QED) is 0.418. The molecule has 0 spiro atoms. The summed E-state index contributed by atoms with van der Waals surface area (Å²) >= 11 is 7.21. The zero-order valence-corrected chi connectivity index (χ0v) is 18.5. The van der Waals surface area contributed by atoms with Crippen molar-refractivity contribution >= 4 is 44.0 Å². The van der Waals surface area contributed by atoms with E-state index < -0.39 is 10.0 Å². The molecular weight excluding hydrogens is 472 g/mol. The van der Waals surface area contributed by atoms with Crippen molar-refractivity contribution < 1.29 is 12.8 Å². The van der Waals surface area contributed by atoms with Gasteiger partial charge in [-0.1, -0.05) is 35.1 Å². The van der Waals surface area contributed by atoms with Crippen LogP contribution < -0.4 is 15.2 Å². The molecule has 11 heteroatoms. The Morgan fingerprint density at radius 2 is 1.84 bits per heavy atom. The Morgan fingerprint density at radius 3 is 2.53 bits per heavy atom. The Kier molecular flexibility index (Phi) is 4.94. The lowest BCUT2D eigenvalue weighted by atomic mass is 10.2. The number of rotatable bonds is 4. The van der Waals surface area contributed by atoms with Gasteiger partial charge < -0.3 is 4.42 Å². The fourth-order valence-corrected chi connectivity index (χ4v) is 4.70. The molecule has 0 unspecified atom stereocenters. The van der Waals surface area contributed by atoms with Gasteiger partial charge in [-0.05, 0) is 48.5 Å². The largest absolute Gasteiger partial charge is 0.457 e. The molecule has 0 fully saturated rings. The number of hydrogen-bond donors (Lipinski definition) is 1. The SMILES string of the molecule is NS(=O)(=O)c1ccc(-c2ccc(/C=c3\sc4nc(-c5cccc(Cl)c5)nn4c3=O)o2)cc1. The van der Waals surface area contributed by atoms with Crippen LogP contribution in [0.1, 0.15) is 5.76 Å². The van der Waals surface area contributed by atoms with Gasteiger partial charge in [0.15, 0.2) is 5.82 Å². The fraction of sp³-hybridized carbons (Fsp3) is 0. The van der Waals surface area contributed by atoms with Gasteiger partial charge in [-0.2, -0.15) is 9.50 Å². The van der Waals surface area contributed by atoms with Gasteiger partial charge in [0.05, 0.1) is 4.90 Å². The van der Waals surface area contributed by atoms with E-state index in [1.165, 1.54) is 28.0 Å². The average molecular weight is 485 g/mol. The molecule has 0 bridgehead atoms. The van der Waals surface area contributed by atoms with Crippen LogP contribution in [-0.2, 0) is 10.0 Å². The first-order chi connectivity index (χ1) is 15.3. The molecular formula is C21H13ClN4O4S2. The zero-order chi connectivity index (χ0) is 22.5. The highest BCUT2D eigenvalue weighted by Gasteiger charge is 2.13. The molecule has 5 rings (SSSR count). The number of aromatic nitrogens is 3. The average Bonchev–Trinajstić information content (AvgIpc) is 3.45. The molecule has 3 aromatic heterocycles. The monoisotopic (exact) mass is 484 g/mol. The standard InChI is InChI=1S/C21H13ClN4O4S2/c22-14-3-1-2-13(10-14)19-24-21-26(25-19)20(27)18(31-21)11-15-6-9-17(30-15)12-4-7-16(8-5-12)32(23,28)29/h1-11H,(H2,23,28,29)/b18-11-. The third-order valence-electron chi connectivity index (χ3n) is 4.63. The molecule has 0 aliphatic carbocycles. The fourth-order valence-electron chi connectivity index (χ4n) is 3.11. The summed E-state index contributed by atoms with van der Waals surface area (Å²) < 4.78 is 30.3. The number of nitrogens with two attached hydrogens (primary N) is 1. The van der Waals surface area contributed by atoms with E-state index in [2.05, 4.69) is 10.1 Å². The van der Waals surface area contributed by atoms with Crippen molar-refractivity contribution in [1.29, 1.82) is 0 Å². The van der Waals surface area contributed by atoms with Crippen molar-refractivity contribution in [3.63, 3.8) is 0 Å². The van der Waals surface area contributed by atoms with Gasteiger partial charge in [-0.3, -0.25) is 4.79 Å². The highest BCUT2D eigenvalue weighted by Crippen LogP contribution is 2.24. The smallest absolute Gasteiger partial charge is 0.291 e. The van der Waals surface area contributed by atoms with Gasteiger partial charge in [-0.15, -0.1) is 5.10 Å². The molecule has 0 saturated heterocycles. The van der Waals surface area contributed by atoms with Gasteiger partial charge in [0.2, 0.25) is 15.0 Å². The maximum absolute atomic E-state index is 12.8. The third kappa shape index (κ3) is 3.84. The Morgan fingerprint density at radius 1 is 1.06 bits per heavy atom. The first-order valence-electron chi connectivity index (χ1n) is 9.18. The van der Waals surface area contributed by atoms with Crippen LogP contribution in [0.15, 0.2) is 74.8 Å². The van der Waals surface area contributed by atoms with E-state index >= 15 is 0 Å². The van der Waals surface area contributed by atoms with Crippen molar-refractivity contribution in [2.24, 2.45) is 5.14 Å². The molecule has 32 heavy (non-hydrogen) atoms. The number of furan rings is 1. The van der Waals surface area contributed by atoms with Crippen LogP contribution in [0.4, 0.5) is 0 Å². The van der Waals surface area contributed by atoms with Gasteiger partial charge in [-0.25, -0.2) is 13.6 Å². The van der Waals surface area contributed by atoms with E-state index in [0.717, 1.165) is 5.56 Å². The van der Waals surface area contributed by atoms with Crippen molar-refractivity contribution in [1.82, 2.24) is 14.6 Å². The molecule has 0 amide bonds. The van der Waals surface area contributed by atoms with Gasteiger partial charge >= 0.3 is 0 Å². The van der Waals surface area contributed by atoms with Gasteiger partial charge in [0.1, 0.15) is 16.1 Å². The summed E-state index contributed by atoms with van der Waals surface area (Å²) in [6.45, 7) is 0. The first-order valence-corrected chi connectivity index (χ1v) is 11.9. The van der Waals surface area contributed by atoms with Crippen molar-refractivity contribution in [3.8, 4) is 22.7 Å². The second kappa shape index (κ2) is 7.68. The molecule has 5 aromatic rings. The van der Waals surface area contributed by atoms with Crippen molar-refractivity contribution in [3.05, 3.63) is 86.3 Å². The highest BCUT2D eigenvalue weighted by atomic mass is 35.5. The lowest BCUT2D eigenvalue weighted by Gasteiger charge is -2.00. The number of primary sulfonamides is 1. The van der Waals surface area contributed by atoms with Crippen LogP contribution in [0.5, 0.6) is 0 Å². The topological polar surface area (TPSA) is 121 Å². The first kappa shape index (κ1) is 20.6. The van der Waals surface area contributed by atoms with Crippen LogP contribution in [0.2, 0.25) is 5.02 Å². The lowest BCUT2D eigenvalue weighted by Crippen LogP contribution is -2.23. The summed E-state index contributed by atoms with van der Waals surface area (Å²) in [5, 5.41) is 9.98. The minimum Gasteiger partial charge on any atom is -0.457 e. The molecule has 2 N–H and O–H groups in total. The van der Waals surface area contributed by atoms with E-state index in [-0.39, 0.29) is 10.5 Å². The Balaban J connectivity index is 1.47. The van der Waals surface area contributed by atoms with Crippen molar-refractivity contribution in [2.45, 2.75) is 4.90 Å². The number of sulfonamides is 1.